The number of nitrogens with zero attached hydrogens (tertiary/aromatic N) is 4. The summed E-state index contributed by atoms with van der Waals surface area (Å²) in [6, 6.07) is 3.46. The summed E-state index contributed by atoms with van der Waals surface area (Å²) < 4.78 is 38.1. The normalized spacial score (nSPS) is 21.9. The topological polar surface area (TPSA) is 134 Å². The number of fused-ring (bicyclic) bond motifs is 3. The highest BCUT2D eigenvalue weighted by molar-refractivity contribution is 7.87. The van der Waals surface area contributed by atoms with E-state index in [1.165, 1.54) is 10.6 Å². The molecule has 0 radical (unpaired) electrons. The Morgan fingerprint density at radius 1 is 1.17 bits per heavy atom. The molecule has 2 saturated heterocycles. The molecule has 2 aliphatic rings. The van der Waals surface area contributed by atoms with Crippen molar-refractivity contribution >= 4 is 33.0 Å². The van der Waals surface area contributed by atoms with Crippen LogP contribution in [0.4, 0.5) is 10.6 Å². The van der Waals surface area contributed by atoms with Crippen molar-refractivity contribution in [1.82, 2.24) is 19.0 Å². The lowest BCUT2D eigenvalue weighted by Crippen LogP contribution is -2.50. The SMILES string of the molecule is COc1cc2ncnc(N3CC4CC3CN(S(=O)(=O)NC(=O)O)C4)c2cc1OC. The number of piperidine rings is 1. The van der Waals surface area contributed by atoms with Gasteiger partial charge in [-0.3, -0.25) is 0 Å². The van der Waals surface area contributed by atoms with Crippen molar-refractivity contribution in [2.75, 3.05) is 38.8 Å². The summed E-state index contributed by atoms with van der Waals surface area (Å²) in [5.74, 6) is 1.87. The number of ether oxygens (including phenoxy) is 2. The number of aromatic nitrogens is 2. The minimum absolute atomic E-state index is 0.0734. The first-order valence-electron chi connectivity index (χ1n) is 8.96. The van der Waals surface area contributed by atoms with Gasteiger partial charge >= 0.3 is 16.3 Å². The lowest BCUT2D eigenvalue weighted by atomic mass is 10.0. The molecule has 0 spiro atoms. The fraction of sp³-hybridized carbons (Fsp3) is 0.471. The maximum Gasteiger partial charge on any atom is 0.419 e. The zero-order valence-electron chi connectivity index (χ0n) is 15.9. The highest BCUT2D eigenvalue weighted by Gasteiger charge is 2.43. The average molecular weight is 423 g/mol. The molecule has 1 aromatic carbocycles. The van der Waals surface area contributed by atoms with Crippen LogP contribution in [0.15, 0.2) is 18.5 Å². The first-order chi connectivity index (χ1) is 13.8. The van der Waals surface area contributed by atoms with E-state index in [1.54, 1.807) is 25.0 Å². The van der Waals surface area contributed by atoms with Gasteiger partial charge in [-0.25, -0.2) is 19.5 Å². The predicted octanol–water partition coefficient (Wildman–Crippen LogP) is 0.670. The third-order valence-corrected chi connectivity index (χ3v) is 6.74. The summed E-state index contributed by atoms with van der Waals surface area (Å²) in [4.78, 5) is 21.7. The third-order valence-electron chi connectivity index (χ3n) is 5.33. The zero-order chi connectivity index (χ0) is 20.8. The lowest BCUT2D eigenvalue weighted by molar-refractivity contribution is 0.199. The Morgan fingerprint density at radius 3 is 2.59 bits per heavy atom. The molecular formula is C17H21N5O6S. The summed E-state index contributed by atoms with van der Waals surface area (Å²) in [7, 11) is -0.987. The van der Waals surface area contributed by atoms with Gasteiger partial charge in [0.1, 0.15) is 12.1 Å². The van der Waals surface area contributed by atoms with Crippen LogP contribution in [-0.2, 0) is 10.2 Å². The second-order valence-electron chi connectivity index (χ2n) is 7.06. The van der Waals surface area contributed by atoms with Crippen molar-refractivity contribution < 1.29 is 27.8 Å². The van der Waals surface area contributed by atoms with E-state index in [0.717, 1.165) is 11.8 Å². The van der Waals surface area contributed by atoms with Crippen molar-refractivity contribution in [2.24, 2.45) is 5.92 Å². The number of benzene rings is 1. The van der Waals surface area contributed by atoms with Crippen molar-refractivity contribution in [3.05, 3.63) is 18.5 Å². The number of amides is 1. The van der Waals surface area contributed by atoms with Gasteiger partial charge in [0, 0.05) is 37.1 Å². The predicted molar refractivity (Wildman–Crippen MR) is 104 cm³/mol. The highest BCUT2D eigenvalue weighted by Crippen LogP contribution is 2.39. The number of carboxylic acid groups (broad SMARTS) is 1. The molecule has 0 aliphatic carbocycles. The van der Waals surface area contributed by atoms with Crippen LogP contribution >= 0.6 is 0 Å². The fourth-order valence-corrected chi connectivity index (χ4v) is 5.27. The van der Waals surface area contributed by atoms with E-state index in [-0.39, 0.29) is 25.0 Å². The highest BCUT2D eigenvalue weighted by atomic mass is 32.2. The average Bonchev–Trinajstić information content (AvgIpc) is 2.98. The Morgan fingerprint density at radius 2 is 1.90 bits per heavy atom. The molecule has 29 heavy (non-hydrogen) atoms. The first kappa shape index (κ1) is 19.5. The maximum atomic E-state index is 12.3. The molecule has 11 nitrogen and oxygen atoms in total. The maximum absolute atomic E-state index is 12.3. The van der Waals surface area contributed by atoms with Gasteiger partial charge in [0.25, 0.3) is 0 Å². The number of nitrogens with one attached hydrogen (secondary N) is 1. The quantitative estimate of drug-likeness (QED) is 0.711. The molecule has 2 fully saturated rings. The summed E-state index contributed by atoms with van der Waals surface area (Å²) >= 11 is 0. The van der Waals surface area contributed by atoms with E-state index in [0.29, 0.717) is 29.4 Å². The van der Waals surface area contributed by atoms with Gasteiger partial charge in [-0.1, -0.05) is 0 Å². The standard InChI is InChI=1S/C17H21N5O6S/c1-27-14-4-12-13(5-15(14)28-2)18-9-19-16(12)22-7-10-3-11(22)8-21(6-10)29(25,26)20-17(23)24/h4-5,9-11,20H,3,6-8H2,1-2H3,(H,23,24). The van der Waals surface area contributed by atoms with Crippen LogP contribution in [0, 0.1) is 5.92 Å². The smallest absolute Gasteiger partial charge is 0.419 e. The molecule has 2 N–H and O–H groups in total. The van der Waals surface area contributed by atoms with Gasteiger partial charge in [-0.15, -0.1) is 0 Å². The van der Waals surface area contributed by atoms with E-state index in [9.17, 15) is 13.2 Å². The Hall–Kier alpha value is -2.86. The summed E-state index contributed by atoms with van der Waals surface area (Å²) in [5.41, 5.74) is 0.686. The molecule has 1 aromatic heterocycles. The van der Waals surface area contributed by atoms with Crippen LogP contribution < -0.4 is 19.1 Å². The molecule has 2 unspecified atom stereocenters. The molecular weight excluding hydrogens is 402 g/mol. The molecule has 2 aliphatic heterocycles. The van der Waals surface area contributed by atoms with Gasteiger partial charge < -0.3 is 19.5 Å². The van der Waals surface area contributed by atoms with Crippen LogP contribution in [0.5, 0.6) is 11.5 Å². The van der Waals surface area contributed by atoms with Gasteiger partial charge in [0.05, 0.1) is 19.7 Å². The first-order valence-corrected chi connectivity index (χ1v) is 10.4. The Balaban J connectivity index is 1.68. The van der Waals surface area contributed by atoms with Gasteiger partial charge in [0.2, 0.25) is 0 Å². The number of hydrogen-bond donors (Lipinski definition) is 2. The van der Waals surface area contributed by atoms with Gasteiger partial charge in [-0.05, 0) is 18.4 Å². The Bertz CT molecular complexity index is 1060. The molecule has 2 bridgehead atoms. The summed E-state index contributed by atoms with van der Waals surface area (Å²) in [5, 5.41) is 9.58. The van der Waals surface area contributed by atoms with Crippen molar-refractivity contribution in [3.63, 3.8) is 0 Å². The number of methoxy groups -OCH3 is 2. The summed E-state index contributed by atoms with van der Waals surface area (Å²) in [6.07, 6.45) is 0.673. The Labute approximate surface area is 167 Å². The van der Waals surface area contributed by atoms with Gasteiger partial charge in [0.15, 0.2) is 11.5 Å². The minimum Gasteiger partial charge on any atom is -0.493 e. The van der Waals surface area contributed by atoms with E-state index in [1.807, 2.05) is 6.07 Å². The number of hydrogen-bond acceptors (Lipinski definition) is 8. The number of anilines is 1. The zero-order valence-corrected chi connectivity index (χ0v) is 16.7. The van der Waals surface area contributed by atoms with E-state index in [2.05, 4.69) is 14.9 Å². The van der Waals surface area contributed by atoms with Crippen LogP contribution in [-0.4, -0.2) is 73.8 Å². The third kappa shape index (κ3) is 3.49. The molecule has 3 heterocycles. The summed E-state index contributed by atoms with van der Waals surface area (Å²) in [6.45, 7) is 1.05. The fourth-order valence-electron chi connectivity index (χ4n) is 4.15. The van der Waals surface area contributed by atoms with Gasteiger partial charge in [-0.2, -0.15) is 12.7 Å². The molecule has 1 amide bonds. The molecule has 0 saturated carbocycles. The van der Waals surface area contributed by atoms with E-state index >= 15 is 0 Å². The van der Waals surface area contributed by atoms with Crippen molar-refractivity contribution in [3.8, 4) is 11.5 Å². The van der Waals surface area contributed by atoms with Crippen LogP contribution in [0.25, 0.3) is 10.9 Å². The van der Waals surface area contributed by atoms with Crippen molar-refractivity contribution in [1.29, 1.82) is 0 Å². The monoisotopic (exact) mass is 423 g/mol. The largest absolute Gasteiger partial charge is 0.493 e. The second-order valence-corrected chi connectivity index (χ2v) is 8.73. The molecule has 4 rings (SSSR count). The minimum atomic E-state index is -4.09. The number of carbonyl (C=O) groups is 1. The van der Waals surface area contributed by atoms with Crippen molar-refractivity contribution in [2.45, 2.75) is 12.5 Å². The van der Waals surface area contributed by atoms with Crippen LogP contribution in [0.2, 0.25) is 0 Å². The second kappa shape index (κ2) is 7.19. The molecule has 12 heteroatoms. The Kier molecular flexibility index (Phi) is 4.82. The van der Waals surface area contributed by atoms with E-state index in [4.69, 9.17) is 14.6 Å². The van der Waals surface area contributed by atoms with E-state index < -0.39 is 16.3 Å². The van der Waals surface area contributed by atoms with Crippen LogP contribution in [0.1, 0.15) is 6.42 Å². The molecule has 2 aromatic rings. The molecule has 156 valence electrons. The molecule has 2 atom stereocenters. The van der Waals surface area contributed by atoms with Crippen LogP contribution in [0.3, 0.4) is 0 Å². The lowest BCUT2D eigenvalue weighted by Gasteiger charge is -2.32. The number of rotatable bonds is 5.